The lowest BCUT2D eigenvalue weighted by Gasteiger charge is -2.11. The Bertz CT molecular complexity index is 1040. The number of aromatic nitrogens is 5. The lowest BCUT2D eigenvalue weighted by atomic mass is 10.3. The summed E-state index contributed by atoms with van der Waals surface area (Å²) in [5, 5.41) is 11.1. The van der Waals surface area contributed by atoms with Crippen LogP contribution in [0, 0.1) is 5.82 Å². The summed E-state index contributed by atoms with van der Waals surface area (Å²) < 4.78 is 15.3. The first-order chi connectivity index (χ1) is 12.5. The molecule has 0 aliphatic carbocycles. The summed E-state index contributed by atoms with van der Waals surface area (Å²) in [6.45, 7) is 1.57. The highest BCUT2D eigenvalue weighted by atomic mass is 19.1. The molecule has 0 saturated carbocycles. The zero-order valence-electron chi connectivity index (χ0n) is 14.1. The predicted molar refractivity (Wildman–Crippen MR) is 93.5 cm³/mol. The van der Waals surface area contributed by atoms with Gasteiger partial charge in [0.15, 0.2) is 17.0 Å². The van der Waals surface area contributed by atoms with Gasteiger partial charge in [-0.2, -0.15) is 0 Å². The first kappa shape index (κ1) is 17.8. The molecule has 2 heterocycles. The van der Waals surface area contributed by atoms with E-state index in [2.05, 4.69) is 20.5 Å². The quantitative estimate of drug-likeness (QED) is 0.567. The maximum Gasteiger partial charge on any atom is 0.337 e. The molecule has 0 bridgehead atoms. The van der Waals surface area contributed by atoms with Crippen molar-refractivity contribution in [2.24, 2.45) is 12.8 Å². The molecule has 0 atom stereocenters. The Labute approximate surface area is 147 Å². The maximum atomic E-state index is 13.2. The van der Waals surface area contributed by atoms with Gasteiger partial charge in [0.25, 0.3) is 5.56 Å². The lowest BCUT2D eigenvalue weighted by Crippen LogP contribution is -2.38. The van der Waals surface area contributed by atoms with E-state index in [1.807, 2.05) is 0 Å². The van der Waals surface area contributed by atoms with E-state index in [1.54, 1.807) is 0 Å². The zero-order chi connectivity index (χ0) is 18.7. The van der Waals surface area contributed by atoms with Crippen LogP contribution in [0.15, 0.2) is 33.9 Å². The van der Waals surface area contributed by atoms with Crippen molar-refractivity contribution in [1.82, 2.24) is 29.6 Å². The molecule has 2 aromatic heterocycles. The van der Waals surface area contributed by atoms with Crippen LogP contribution in [0.1, 0.15) is 12.2 Å². The number of benzene rings is 1. The second-order valence-electron chi connectivity index (χ2n) is 5.68. The van der Waals surface area contributed by atoms with Crippen molar-refractivity contribution in [3.63, 3.8) is 0 Å². The number of nitrogens with zero attached hydrogens (tertiary/aromatic N) is 5. The fourth-order valence-electron chi connectivity index (χ4n) is 2.46. The van der Waals surface area contributed by atoms with E-state index in [1.165, 1.54) is 35.9 Å². The highest BCUT2D eigenvalue weighted by Crippen LogP contribution is 2.11. The van der Waals surface area contributed by atoms with Crippen LogP contribution >= 0.6 is 0 Å². The minimum Gasteiger partial charge on any atom is -0.330 e. The molecule has 3 rings (SSSR count). The molecule has 0 unspecified atom stereocenters. The summed E-state index contributed by atoms with van der Waals surface area (Å²) in [6.07, 6.45) is 0.798. The second-order valence-corrected chi connectivity index (χ2v) is 5.68. The van der Waals surface area contributed by atoms with Gasteiger partial charge in [0.2, 0.25) is 0 Å². The van der Waals surface area contributed by atoms with Gasteiger partial charge in [0, 0.05) is 7.05 Å². The molecule has 0 radical (unpaired) electrons. The Balaban J connectivity index is 2.12. The minimum atomic E-state index is -0.612. The van der Waals surface area contributed by atoms with Crippen molar-refractivity contribution in [3.8, 4) is 5.69 Å². The molecule has 136 valence electrons. The van der Waals surface area contributed by atoms with E-state index >= 15 is 0 Å². The second kappa shape index (κ2) is 7.50. The number of hydrogen-bond acceptors (Lipinski definition) is 7. The van der Waals surface area contributed by atoms with Crippen molar-refractivity contribution < 1.29 is 4.39 Å². The van der Waals surface area contributed by atoms with Crippen molar-refractivity contribution in [3.05, 3.63) is 56.7 Å². The highest BCUT2D eigenvalue weighted by Gasteiger charge is 2.16. The molecular weight excluding hydrogens is 341 g/mol. The van der Waals surface area contributed by atoms with Crippen LogP contribution in [0.5, 0.6) is 0 Å². The molecule has 3 N–H and O–H groups in total. The van der Waals surface area contributed by atoms with Crippen LogP contribution in [0.2, 0.25) is 0 Å². The minimum absolute atomic E-state index is 0.0158. The topological polar surface area (TPSA) is 121 Å². The standard InChI is InChI=1S/C16H18FN7O2/c1-23-15(25)13-14(22-21-12(20-13)9-19-8-2-7-18)24(16(23)26)11-5-3-10(17)4-6-11/h3-6,19H,2,7-9,18H2,1H3. The summed E-state index contributed by atoms with van der Waals surface area (Å²) >= 11 is 0. The average molecular weight is 359 g/mol. The Morgan fingerprint density at radius 1 is 1.19 bits per heavy atom. The predicted octanol–water partition coefficient (Wildman–Crippen LogP) is -0.548. The molecule has 0 amide bonds. The van der Waals surface area contributed by atoms with Crippen LogP contribution in [0.4, 0.5) is 4.39 Å². The van der Waals surface area contributed by atoms with Gasteiger partial charge in [-0.3, -0.25) is 9.36 Å². The largest absolute Gasteiger partial charge is 0.337 e. The summed E-state index contributed by atoms with van der Waals surface area (Å²) in [7, 11) is 1.35. The van der Waals surface area contributed by atoms with Crippen LogP contribution in [0.3, 0.4) is 0 Å². The Hall–Kier alpha value is -2.98. The highest BCUT2D eigenvalue weighted by molar-refractivity contribution is 5.70. The van der Waals surface area contributed by atoms with E-state index in [0.717, 1.165) is 11.0 Å². The molecule has 0 aliphatic heterocycles. The van der Waals surface area contributed by atoms with Crippen molar-refractivity contribution in [1.29, 1.82) is 0 Å². The number of rotatable bonds is 6. The van der Waals surface area contributed by atoms with Gasteiger partial charge >= 0.3 is 5.69 Å². The van der Waals surface area contributed by atoms with Crippen molar-refractivity contribution in [2.75, 3.05) is 13.1 Å². The third kappa shape index (κ3) is 3.37. The number of fused-ring (bicyclic) bond motifs is 1. The molecule has 10 heteroatoms. The van der Waals surface area contributed by atoms with Crippen molar-refractivity contribution >= 4 is 11.2 Å². The first-order valence-electron chi connectivity index (χ1n) is 8.05. The van der Waals surface area contributed by atoms with Crippen molar-refractivity contribution in [2.45, 2.75) is 13.0 Å². The summed E-state index contributed by atoms with van der Waals surface area (Å²) in [5.74, 6) is -0.109. The van der Waals surface area contributed by atoms with E-state index in [-0.39, 0.29) is 11.2 Å². The molecule has 0 saturated heterocycles. The summed E-state index contributed by atoms with van der Waals surface area (Å²) in [5.41, 5.74) is 4.65. The summed E-state index contributed by atoms with van der Waals surface area (Å²) in [6, 6.07) is 5.28. The molecule has 0 aliphatic rings. The van der Waals surface area contributed by atoms with Gasteiger partial charge in [-0.25, -0.2) is 18.7 Å². The molecular formula is C16H18FN7O2. The Morgan fingerprint density at radius 2 is 1.92 bits per heavy atom. The number of nitrogens with one attached hydrogen (secondary N) is 1. The number of nitrogens with two attached hydrogens (primary N) is 1. The van der Waals surface area contributed by atoms with Gasteiger partial charge in [0.05, 0.1) is 12.2 Å². The molecule has 0 fully saturated rings. The molecule has 26 heavy (non-hydrogen) atoms. The van der Waals surface area contributed by atoms with Gasteiger partial charge in [-0.05, 0) is 43.8 Å². The van der Waals surface area contributed by atoms with E-state index in [0.29, 0.717) is 31.1 Å². The maximum absolute atomic E-state index is 13.2. The zero-order valence-corrected chi connectivity index (χ0v) is 14.1. The first-order valence-corrected chi connectivity index (χ1v) is 8.05. The molecule has 3 aromatic rings. The lowest BCUT2D eigenvalue weighted by molar-refractivity contribution is 0.624. The fraction of sp³-hybridized carbons (Fsp3) is 0.312. The molecule has 0 spiro atoms. The van der Waals surface area contributed by atoms with Crippen LogP contribution in [-0.4, -0.2) is 37.4 Å². The van der Waals surface area contributed by atoms with E-state index < -0.39 is 17.1 Å². The van der Waals surface area contributed by atoms with Crippen LogP contribution < -0.4 is 22.3 Å². The van der Waals surface area contributed by atoms with Gasteiger partial charge in [0.1, 0.15) is 5.82 Å². The number of halogens is 1. The SMILES string of the molecule is Cn1c(=O)c2nc(CNCCCN)nnc2n(-c2ccc(F)cc2)c1=O. The monoisotopic (exact) mass is 359 g/mol. The smallest absolute Gasteiger partial charge is 0.330 e. The van der Waals surface area contributed by atoms with Gasteiger partial charge < -0.3 is 11.1 Å². The van der Waals surface area contributed by atoms with Gasteiger partial charge in [-0.15, -0.1) is 10.2 Å². The summed E-state index contributed by atoms with van der Waals surface area (Å²) in [4.78, 5) is 29.2. The van der Waals surface area contributed by atoms with Crippen LogP contribution in [0.25, 0.3) is 16.9 Å². The third-order valence-corrected chi connectivity index (χ3v) is 3.84. The molecule has 1 aromatic carbocycles. The van der Waals surface area contributed by atoms with E-state index in [9.17, 15) is 14.0 Å². The third-order valence-electron chi connectivity index (χ3n) is 3.84. The average Bonchev–Trinajstić information content (AvgIpc) is 2.65. The Morgan fingerprint density at radius 3 is 2.62 bits per heavy atom. The fourth-order valence-corrected chi connectivity index (χ4v) is 2.46. The van der Waals surface area contributed by atoms with E-state index in [4.69, 9.17) is 5.73 Å². The van der Waals surface area contributed by atoms with Crippen LogP contribution in [-0.2, 0) is 13.6 Å². The number of hydrogen-bond donors (Lipinski definition) is 2. The normalized spacial score (nSPS) is 11.2. The Kier molecular flexibility index (Phi) is 5.14. The van der Waals surface area contributed by atoms with Gasteiger partial charge in [-0.1, -0.05) is 0 Å². The molecule has 9 nitrogen and oxygen atoms in total.